The summed E-state index contributed by atoms with van der Waals surface area (Å²) < 4.78 is 0. The van der Waals surface area contributed by atoms with Crippen LogP contribution in [0, 0.1) is 11.8 Å². The predicted molar refractivity (Wildman–Crippen MR) is 96.2 cm³/mol. The van der Waals surface area contributed by atoms with E-state index in [1.165, 1.54) is 64.2 Å². The van der Waals surface area contributed by atoms with Gasteiger partial charge in [-0.15, -0.1) is 0 Å². The Morgan fingerprint density at radius 2 is 1.14 bits per heavy atom. The van der Waals surface area contributed by atoms with Crippen LogP contribution >= 0.6 is 0 Å². The van der Waals surface area contributed by atoms with E-state index < -0.39 is 5.66 Å². The monoisotopic (exact) mass is 298 g/mol. The Hall–Kier alpha value is -0.0800. The van der Waals surface area contributed by atoms with E-state index in [1.54, 1.807) is 0 Å². The van der Waals surface area contributed by atoms with Crippen LogP contribution in [-0.4, -0.2) is 5.66 Å². The largest absolute Gasteiger partial charge is 0.313 e. The van der Waals surface area contributed by atoms with Gasteiger partial charge < -0.3 is 11.5 Å². The molecule has 2 heteroatoms. The minimum absolute atomic E-state index is 0.438. The minimum atomic E-state index is -0.453. The molecule has 0 spiro atoms. The third kappa shape index (κ3) is 12.2. The summed E-state index contributed by atoms with van der Waals surface area (Å²) in [4.78, 5) is 0. The second-order valence-electron chi connectivity index (χ2n) is 7.56. The van der Waals surface area contributed by atoms with Crippen LogP contribution in [0.3, 0.4) is 0 Å². The highest BCUT2D eigenvalue weighted by Crippen LogP contribution is 2.21. The summed E-state index contributed by atoms with van der Waals surface area (Å²) in [5.74, 6) is 1.31. The average molecular weight is 299 g/mol. The molecular formula is C19H42N2. The number of unbranched alkanes of at least 4 members (excludes halogenated alkanes) is 7. The molecule has 0 radical (unpaired) electrons. The van der Waals surface area contributed by atoms with E-state index in [1.807, 2.05) is 0 Å². The second-order valence-corrected chi connectivity index (χ2v) is 7.56. The molecule has 0 aromatic rings. The molecule has 0 rings (SSSR count). The SMILES string of the molecule is CCCC(N)(N)C(C)CCCCCCCCCCC(C)C. The van der Waals surface area contributed by atoms with Crippen molar-refractivity contribution < 1.29 is 0 Å². The Bertz CT molecular complexity index is 224. The summed E-state index contributed by atoms with van der Waals surface area (Å²) in [5, 5.41) is 0. The highest BCUT2D eigenvalue weighted by atomic mass is 15.0. The summed E-state index contributed by atoms with van der Waals surface area (Å²) >= 11 is 0. The third-order valence-corrected chi connectivity index (χ3v) is 4.77. The lowest BCUT2D eigenvalue weighted by molar-refractivity contribution is 0.256. The molecule has 0 amide bonds. The fraction of sp³-hybridized carbons (Fsp3) is 1.00. The molecule has 0 saturated heterocycles. The summed E-state index contributed by atoms with van der Waals surface area (Å²) in [6, 6.07) is 0. The lowest BCUT2D eigenvalue weighted by Crippen LogP contribution is -2.54. The van der Waals surface area contributed by atoms with Gasteiger partial charge >= 0.3 is 0 Å². The van der Waals surface area contributed by atoms with E-state index in [9.17, 15) is 0 Å². The molecule has 0 aliphatic carbocycles. The average Bonchev–Trinajstić information content (AvgIpc) is 2.40. The van der Waals surface area contributed by atoms with E-state index in [-0.39, 0.29) is 0 Å². The first-order valence-corrected chi connectivity index (χ1v) is 9.48. The van der Waals surface area contributed by atoms with Gasteiger partial charge in [-0.05, 0) is 24.7 Å². The molecule has 0 aromatic carbocycles. The van der Waals surface area contributed by atoms with Gasteiger partial charge in [0.25, 0.3) is 0 Å². The van der Waals surface area contributed by atoms with Gasteiger partial charge in [-0.25, -0.2) is 0 Å². The Labute approximate surface area is 134 Å². The lowest BCUT2D eigenvalue weighted by Gasteiger charge is -2.31. The van der Waals surface area contributed by atoms with Crippen LogP contribution in [0.15, 0.2) is 0 Å². The van der Waals surface area contributed by atoms with E-state index in [0.29, 0.717) is 5.92 Å². The van der Waals surface area contributed by atoms with Crippen LogP contribution in [0.25, 0.3) is 0 Å². The van der Waals surface area contributed by atoms with Gasteiger partial charge in [0.15, 0.2) is 0 Å². The van der Waals surface area contributed by atoms with Gasteiger partial charge in [0.2, 0.25) is 0 Å². The molecule has 2 nitrogen and oxygen atoms in total. The summed E-state index contributed by atoms with van der Waals surface area (Å²) in [5.41, 5.74) is 11.9. The Morgan fingerprint density at radius 3 is 1.57 bits per heavy atom. The minimum Gasteiger partial charge on any atom is -0.313 e. The molecule has 0 heterocycles. The van der Waals surface area contributed by atoms with E-state index in [4.69, 9.17) is 11.5 Å². The maximum Gasteiger partial charge on any atom is 0.0662 e. The van der Waals surface area contributed by atoms with Crippen LogP contribution < -0.4 is 11.5 Å². The first kappa shape index (κ1) is 20.9. The van der Waals surface area contributed by atoms with Crippen molar-refractivity contribution in [1.82, 2.24) is 0 Å². The normalized spacial score (nSPS) is 13.9. The van der Waals surface area contributed by atoms with Crippen LogP contribution in [0.1, 0.15) is 105 Å². The highest BCUT2D eigenvalue weighted by molar-refractivity contribution is 4.82. The molecule has 0 fully saturated rings. The smallest absolute Gasteiger partial charge is 0.0662 e. The third-order valence-electron chi connectivity index (χ3n) is 4.77. The van der Waals surface area contributed by atoms with Gasteiger partial charge in [0, 0.05) is 0 Å². The topological polar surface area (TPSA) is 52.0 Å². The number of nitrogens with two attached hydrogens (primary N) is 2. The molecule has 1 atom stereocenters. The molecule has 0 bridgehead atoms. The van der Waals surface area contributed by atoms with E-state index in [2.05, 4.69) is 27.7 Å². The van der Waals surface area contributed by atoms with Crippen molar-refractivity contribution in [2.45, 2.75) is 110 Å². The summed E-state index contributed by atoms with van der Waals surface area (Å²) in [6.45, 7) is 9.00. The molecule has 1 unspecified atom stereocenters. The maximum atomic E-state index is 6.18. The first-order chi connectivity index (χ1) is 9.90. The zero-order valence-electron chi connectivity index (χ0n) is 15.3. The number of hydrogen-bond donors (Lipinski definition) is 2. The summed E-state index contributed by atoms with van der Waals surface area (Å²) in [6.07, 6.45) is 15.7. The predicted octanol–water partition coefficient (Wildman–Crippen LogP) is 5.59. The van der Waals surface area contributed by atoms with Gasteiger partial charge in [-0.2, -0.15) is 0 Å². The Kier molecular flexibility index (Phi) is 12.4. The van der Waals surface area contributed by atoms with E-state index in [0.717, 1.165) is 18.8 Å². The van der Waals surface area contributed by atoms with Gasteiger partial charge in [-0.3, -0.25) is 0 Å². The van der Waals surface area contributed by atoms with Crippen molar-refractivity contribution in [2.24, 2.45) is 23.3 Å². The van der Waals surface area contributed by atoms with Crippen LogP contribution in [0.4, 0.5) is 0 Å². The van der Waals surface area contributed by atoms with E-state index >= 15 is 0 Å². The fourth-order valence-corrected chi connectivity index (χ4v) is 3.01. The quantitative estimate of drug-likeness (QED) is 0.324. The van der Waals surface area contributed by atoms with Crippen molar-refractivity contribution in [2.75, 3.05) is 0 Å². The molecule has 0 aliphatic heterocycles. The van der Waals surface area contributed by atoms with Crippen LogP contribution in [0.5, 0.6) is 0 Å². The second kappa shape index (κ2) is 12.5. The molecule has 0 aliphatic rings. The van der Waals surface area contributed by atoms with Gasteiger partial charge in [0.05, 0.1) is 5.66 Å². The summed E-state index contributed by atoms with van der Waals surface area (Å²) in [7, 11) is 0. The first-order valence-electron chi connectivity index (χ1n) is 9.48. The van der Waals surface area contributed by atoms with Crippen molar-refractivity contribution in [3.63, 3.8) is 0 Å². The van der Waals surface area contributed by atoms with Crippen molar-refractivity contribution in [3.05, 3.63) is 0 Å². The fourth-order valence-electron chi connectivity index (χ4n) is 3.01. The number of hydrogen-bond acceptors (Lipinski definition) is 2. The standard InChI is InChI=1S/C19H42N2/c1-5-16-19(20,21)18(4)15-13-11-9-7-6-8-10-12-14-17(2)3/h17-18H,5-16,20-21H2,1-4H3. The zero-order valence-corrected chi connectivity index (χ0v) is 15.3. The molecule has 4 N–H and O–H groups in total. The van der Waals surface area contributed by atoms with Gasteiger partial charge in [-0.1, -0.05) is 91.9 Å². The van der Waals surface area contributed by atoms with Crippen LogP contribution in [-0.2, 0) is 0 Å². The molecule has 21 heavy (non-hydrogen) atoms. The molecule has 0 aromatic heterocycles. The molecule has 128 valence electrons. The maximum absolute atomic E-state index is 6.18. The molecular weight excluding hydrogens is 256 g/mol. The molecule has 0 saturated carbocycles. The van der Waals surface area contributed by atoms with Crippen LogP contribution in [0.2, 0.25) is 0 Å². The zero-order chi connectivity index (χ0) is 16.1. The van der Waals surface area contributed by atoms with Crippen molar-refractivity contribution in [3.8, 4) is 0 Å². The van der Waals surface area contributed by atoms with Crippen molar-refractivity contribution >= 4 is 0 Å². The van der Waals surface area contributed by atoms with Crippen molar-refractivity contribution in [1.29, 1.82) is 0 Å². The van der Waals surface area contributed by atoms with Gasteiger partial charge in [0.1, 0.15) is 0 Å². The lowest BCUT2D eigenvalue weighted by atomic mass is 9.87. The Morgan fingerprint density at radius 1 is 0.714 bits per heavy atom. The Balaban J connectivity index is 3.36. The number of rotatable bonds is 14. The highest BCUT2D eigenvalue weighted by Gasteiger charge is 2.25.